The Balaban J connectivity index is 1.58. The summed E-state index contributed by atoms with van der Waals surface area (Å²) in [6.07, 6.45) is 1.98. The first-order valence-corrected chi connectivity index (χ1v) is 15.1. The summed E-state index contributed by atoms with van der Waals surface area (Å²) in [6.45, 7) is 11.8. The highest BCUT2D eigenvalue weighted by Crippen LogP contribution is 2.39. The van der Waals surface area contributed by atoms with E-state index in [1.54, 1.807) is 11.9 Å². The standard InChI is InChI=1S/C33H36BrN3OS/c1-21-8-6-9-22(2)31(21)29-18-30-36-32(35-29)37-39-27-11-7-10-24(17-27)28(16-23-12-14-26(34)15-13-23)25(20-38-30)19-33(3,4)5/h6-15,17-18,25,28H,16,19-20H2,1-5H3,(H,35,36,37). The molecule has 0 amide bonds. The predicted molar refractivity (Wildman–Crippen MR) is 167 cm³/mol. The van der Waals surface area contributed by atoms with Gasteiger partial charge in [0.1, 0.15) is 0 Å². The molecule has 4 bridgehead atoms. The molecule has 0 fully saturated rings. The zero-order valence-corrected chi connectivity index (χ0v) is 25.7. The van der Waals surface area contributed by atoms with Gasteiger partial charge in [-0.15, -0.1) is 0 Å². The average Bonchev–Trinajstić information content (AvgIpc) is 2.89. The van der Waals surface area contributed by atoms with Crippen LogP contribution in [0.2, 0.25) is 0 Å². The van der Waals surface area contributed by atoms with Gasteiger partial charge in [-0.25, -0.2) is 4.98 Å². The summed E-state index contributed by atoms with van der Waals surface area (Å²) in [6, 6.07) is 25.9. The van der Waals surface area contributed by atoms with Crippen LogP contribution in [0.25, 0.3) is 11.3 Å². The van der Waals surface area contributed by atoms with Crippen LogP contribution in [-0.2, 0) is 6.42 Å². The fourth-order valence-corrected chi connectivity index (χ4v) is 6.44. The second kappa shape index (κ2) is 11.7. The molecular weight excluding hydrogens is 566 g/mol. The number of hydrogen-bond acceptors (Lipinski definition) is 5. The van der Waals surface area contributed by atoms with E-state index >= 15 is 0 Å². The van der Waals surface area contributed by atoms with E-state index in [1.807, 2.05) is 6.07 Å². The van der Waals surface area contributed by atoms with E-state index in [9.17, 15) is 0 Å². The van der Waals surface area contributed by atoms with Crippen LogP contribution < -0.4 is 9.46 Å². The molecular formula is C33H36BrN3OS. The molecule has 0 radical (unpaired) electrons. The van der Waals surface area contributed by atoms with E-state index in [4.69, 9.17) is 14.7 Å². The van der Waals surface area contributed by atoms with Crippen LogP contribution in [0.3, 0.4) is 0 Å². The normalized spacial score (nSPS) is 17.4. The Hall–Kier alpha value is -2.83. The lowest BCUT2D eigenvalue weighted by atomic mass is 9.74. The molecule has 4 aromatic rings. The summed E-state index contributed by atoms with van der Waals surface area (Å²) >= 11 is 5.14. The predicted octanol–water partition coefficient (Wildman–Crippen LogP) is 9.41. The molecule has 1 N–H and O–H groups in total. The van der Waals surface area contributed by atoms with E-state index < -0.39 is 0 Å². The zero-order valence-electron chi connectivity index (χ0n) is 23.3. The smallest absolute Gasteiger partial charge is 0.237 e. The van der Waals surface area contributed by atoms with Crippen LogP contribution in [0.1, 0.15) is 55.4 Å². The first-order valence-electron chi connectivity index (χ1n) is 13.5. The van der Waals surface area contributed by atoms with Gasteiger partial charge in [0.25, 0.3) is 0 Å². The number of fused-ring (bicyclic) bond motifs is 4. The van der Waals surface area contributed by atoms with Gasteiger partial charge in [-0.05, 0) is 96.5 Å². The van der Waals surface area contributed by atoms with Crippen molar-refractivity contribution in [2.75, 3.05) is 11.3 Å². The van der Waals surface area contributed by atoms with Crippen molar-refractivity contribution in [2.45, 2.75) is 58.3 Å². The SMILES string of the molecule is Cc1cccc(C)c1-c1cc2nc(n1)NSc1cccc(c1)C(Cc1ccc(Br)cc1)C(CC(C)(C)C)CO2. The maximum atomic E-state index is 6.57. The summed E-state index contributed by atoms with van der Waals surface area (Å²) < 4.78 is 11.1. The largest absolute Gasteiger partial charge is 0.477 e. The lowest BCUT2D eigenvalue weighted by molar-refractivity contribution is 0.166. The van der Waals surface area contributed by atoms with Gasteiger partial charge in [0.2, 0.25) is 11.8 Å². The number of benzene rings is 3. The van der Waals surface area contributed by atoms with Crippen LogP contribution in [0.5, 0.6) is 5.88 Å². The van der Waals surface area contributed by atoms with E-state index in [0.717, 1.165) is 33.5 Å². The zero-order chi connectivity index (χ0) is 27.6. The first kappa shape index (κ1) is 27.7. The number of anilines is 1. The van der Waals surface area contributed by atoms with E-state index in [2.05, 4.69) is 122 Å². The lowest BCUT2D eigenvalue weighted by Crippen LogP contribution is -2.27. The van der Waals surface area contributed by atoms with Crippen LogP contribution in [0.4, 0.5) is 5.95 Å². The van der Waals surface area contributed by atoms with Crippen LogP contribution in [0.15, 0.2) is 82.2 Å². The minimum absolute atomic E-state index is 0.150. The molecule has 3 aromatic carbocycles. The number of halogens is 1. The summed E-state index contributed by atoms with van der Waals surface area (Å²) in [4.78, 5) is 10.8. The summed E-state index contributed by atoms with van der Waals surface area (Å²) in [5.41, 5.74) is 7.20. The van der Waals surface area contributed by atoms with E-state index in [1.165, 1.54) is 22.3 Å². The van der Waals surface area contributed by atoms with Crippen molar-refractivity contribution in [1.82, 2.24) is 9.97 Å². The number of ether oxygens (including phenoxy) is 1. The molecule has 1 aliphatic rings. The molecule has 2 heterocycles. The molecule has 4 nitrogen and oxygen atoms in total. The lowest BCUT2D eigenvalue weighted by Gasteiger charge is -2.33. The van der Waals surface area contributed by atoms with Crippen molar-refractivity contribution in [1.29, 1.82) is 0 Å². The third kappa shape index (κ3) is 7.03. The first-order chi connectivity index (χ1) is 18.6. The van der Waals surface area contributed by atoms with Crippen molar-refractivity contribution in [2.24, 2.45) is 11.3 Å². The molecule has 202 valence electrons. The third-order valence-corrected chi connectivity index (χ3v) is 8.55. The number of nitrogens with zero attached hydrogens (tertiary/aromatic N) is 2. The number of aryl methyl sites for hydroxylation is 2. The van der Waals surface area contributed by atoms with Gasteiger partial charge in [0, 0.05) is 26.9 Å². The van der Waals surface area contributed by atoms with Crippen LogP contribution in [0, 0.1) is 25.2 Å². The molecule has 39 heavy (non-hydrogen) atoms. The van der Waals surface area contributed by atoms with Crippen LogP contribution >= 0.6 is 27.9 Å². The van der Waals surface area contributed by atoms with Gasteiger partial charge in [-0.3, -0.25) is 4.72 Å². The number of aromatic nitrogens is 2. The molecule has 1 aliphatic heterocycles. The molecule has 0 saturated carbocycles. The van der Waals surface area contributed by atoms with Gasteiger partial charge in [0.05, 0.1) is 12.3 Å². The van der Waals surface area contributed by atoms with Crippen molar-refractivity contribution in [3.63, 3.8) is 0 Å². The maximum Gasteiger partial charge on any atom is 0.237 e. The molecule has 2 atom stereocenters. The number of nitrogens with one attached hydrogen (secondary N) is 1. The molecule has 1 aromatic heterocycles. The Labute approximate surface area is 245 Å². The summed E-state index contributed by atoms with van der Waals surface area (Å²) in [5, 5.41) is 0. The molecule has 0 aliphatic carbocycles. The Kier molecular flexibility index (Phi) is 8.34. The monoisotopic (exact) mass is 601 g/mol. The van der Waals surface area contributed by atoms with Crippen molar-refractivity contribution in [3.05, 3.63) is 99.5 Å². The highest BCUT2D eigenvalue weighted by molar-refractivity contribution is 9.10. The fraction of sp³-hybridized carbons (Fsp3) is 0.333. The van der Waals surface area contributed by atoms with Crippen molar-refractivity contribution >= 4 is 33.8 Å². The second-order valence-electron chi connectivity index (χ2n) is 11.7. The Morgan fingerprint density at radius 1 is 0.949 bits per heavy atom. The van der Waals surface area contributed by atoms with Crippen molar-refractivity contribution < 1.29 is 4.74 Å². The minimum Gasteiger partial charge on any atom is -0.477 e. The number of hydrogen-bond donors (Lipinski definition) is 1. The Morgan fingerprint density at radius 2 is 1.67 bits per heavy atom. The van der Waals surface area contributed by atoms with Gasteiger partial charge >= 0.3 is 0 Å². The second-order valence-corrected chi connectivity index (χ2v) is 13.5. The van der Waals surface area contributed by atoms with Gasteiger partial charge in [0.15, 0.2) is 0 Å². The Morgan fingerprint density at radius 3 is 2.38 bits per heavy atom. The fourth-order valence-electron chi connectivity index (χ4n) is 5.53. The molecule has 2 unspecified atom stereocenters. The topological polar surface area (TPSA) is 47.0 Å². The maximum absolute atomic E-state index is 6.57. The van der Waals surface area contributed by atoms with Crippen LogP contribution in [-0.4, -0.2) is 16.6 Å². The third-order valence-electron chi connectivity index (χ3n) is 7.24. The number of rotatable bonds is 4. The molecule has 6 heteroatoms. The Bertz CT molecular complexity index is 1430. The molecule has 0 spiro atoms. The quantitative estimate of drug-likeness (QED) is 0.236. The average molecular weight is 603 g/mol. The van der Waals surface area contributed by atoms with Gasteiger partial charge in [-0.1, -0.05) is 79.2 Å². The molecule has 5 rings (SSSR count). The molecule has 0 saturated heterocycles. The highest BCUT2D eigenvalue weighted by atomic mass is 79.9. The summed E-state index contributed by atoms with van der Waals surface area (Å²) in [5.74, 6) is 1.75. The minimum atomic E-state index is 0.150. The van der Waals surface area contributed by atoms with Gasteiger partial charge in [-0.2, -0.15) is 4.98 Å². The van der Waals surface area contributed by atoms with Gasteiger partial charge < -0.3 is 4.74 Å². The highest BCUT2D eigenvalue weighted by Gasteiger charge is 2.30. The van der Waals surface area contributed by atoms with E-state index in [0.29, 0.717) is 30.3 Å². The summed E-state index contributed by atoms with van der Waals surface area (Å²) in [7, 11) is 0. The van der Waals surface area contributed by atoms with Crippen molar-refractivity contribution in [3.8, 4) is 17.1 Å². The van der Waals surface area contributed by atoms with E-state index in [-0.39, 0.29) is 5.41 Å².